The van der Waals surface area contributed by atoms with Gasteiger partial charge in [0.05, 0.1) is 14.2 Å². The number of carbonyl (C=O) groups excluding carboxylic acids is 1. The predicted molar refractivity (Wildman–Crippen MR) is 81.3 cm³/mol. The van der Waals surface area contributed by atoms with Gasteiger partial charge in [0.25, 0.3) is 0 Å². The quantitative estimate of drug-likeness (QED) is 0.839. The summed E-state index contributed by atoms with van der Waals surface area (Å²) in [7, 11) is 3.29. The molecule has 2 rings (SSSR count). The van der Waals surface area contributed by atoms with E-state index in [1.54, 1.807) is 14.2 Å². The molecule has 0 radical (unpaired) electrons. The number of hydrogen-bond donors (Lipinski definition) is 2. The van der Waals surface area contributed by atoms with Gasteiger partial charge in [-0.1, -0.05) is 12.1 Å². The van der Waals surface area contributed by atoms with Crippen molar-refractivity contribution in [2.45, 2.75) is 38.3 Å². The van der Waals surface area contributed by atoms with Gasteiger partial charge in [-0.25, -0.2) is 0 Å². The fourth-order valence-corrected chi connectivity index (χ4v) is 2.93. The second kappa shape index (κ2) is 7.31. The molecule has 0 saturated heterocycles. The minimum atomic E-state index is -0.164. The molecule has 1 aliphatic carbocycles. The van der Waals surface area contributed by atoms with Gasteiger partial charge in [0.15, 0.2) is 11.5 Å². The van der Waals surface area contributed by atoms with Crippen LogP contribution < -0.4 is 20.5 Å². The van der Waals surface area contributed by atoms with E-state index >= 15 is 0 Å². The molecule has 116 valence electrons. The highest BCUT2D eigenvalue weighted by molar-refractivity contribution is 5.76. The Labute approximate surface area is 125 Å². The van der Waals surface area contributed by atoms with Crippen LogP contribution in [0.15, 0.2) is 18.2 Å². The summed E-state index contributed by atoms with van der Waals surface area (Å²) < 4.78 is 10.7. The molecule has 5 heteroatoms. The fraction of sp³-hybridized carbons (Fsp3) is 0.562. The molecule has 1 aromatic rings. The maximum atomic E-state index is 11.2. The number of carbonyl (C=O) groups is 1. The van der Waals surface area contributed by atoms with Crippen LogP contribution in [0, 0.1) is 5.92 Å². The first-order valence-electron chi connectivity index (χ1n) is 7.38. The smallest absolute Gasteiger partial charge is 0.220 e. The highest BCUT2D eigenvalue weighted by Gasteiger charge is 2.24. The second-order valence-corrected chi connectivity index (χ2v) is 5.48. The highest BCUT2D eigenvalue weighted by Crippen LogP contribution is 2.31. The van der Waals surface area contributed by atoms with Gasteiger partial charge in [-0.2, -0.15) is 0 Å². The summed E-state index contributed by atoms with van der Waals surface area (Å²) in [6.45, 7) is 0.728. The van der Waals surface area contributed by atoms with Gasteiger partial charge < -0.3 is 20.5 Å². The van der Waals surface area contributed by atoms with Gasteiger partial charge in [-0.3, -0.25) is 4.79 Å². The zero-order valence-electron chi connectivity index (χ0n) is 12.7. The number of rotatable bonds is 6. The van der Waals surface area contributed by atoms with Crippen LogP contribution in [-0.4, -0.2) is 26.2 Å². The molecule has 0 atom stereocenters. The second-order valence-electron chi connectivity index (χ2n) is 5.48. The highest BCUT2D eigenvalue weighted by atomic mass is 16.5. The van der Waals surface area contributed by atoms with Crippen LogP contribution in [0.5, 0.6) is 11.5 Å². The first-order chi connectivity index (χ1) is 10.2. The summed E-state index contributed by atoms with van der Waals surface area (Å²) in [5, 5.41) is 3.54. The third-order valence-electron chi connectivity index (χ3n) is 4.20. The van der Waals surface area contributed by atoms with Crippen LogP contribution in [-0.2, 0) is 11.3 Å². The number of amides is 1. The number of para-hydroxylation sites is 1. The monoisotopic (exact) mass is 292 g/mol. The Morgan fingerprint density at radius 3 is 2.52 bits per heavy atom. The van der Waals surface area contributed by atoms with E-state index in [9.17, 15) is 4.79 Å². The number of nitrogens with one attached hydrogen (secondary N) is 1. The lowest BCUT2D eigenvalue weighted by atomic mass is 9.85. The number of primary amides is 1. The molecule has 0 spiro atoms. The van der Waals surface area contributed by atoms with Crippen LogP contribution >= 0.6 is 0 Å². The van der Waals surface area contributed by atoms with Crippen LogP contribution in [0.4, 0.5) is 0 Å². The largest absolute Gasteiger partial charge is 0.493 e. The zero-order valence-corrected chi connectivity index (χ0v) is 12.7. The van der Waals surface area contributed by atoms with Crippen molar-refractivity contribution in [3.63, 3.8) is 0 Å². The minimum Gasteiger partial charge on any atom is -0.493 e. The van der Waals surface area contributed by atoms with Crippen molar-refractivity contribution in [3.8, 4) is 11.5 Å². The molecule has 0 heterocycles. The SMILES string of the molecule is COc1cccc(CNC2CCC(C(N)=O)CC2)c1OC. The molecule has 0 aliphatic heterocycles. The van der Waals surface area contributed by atoms with E-state index in [0.717, 1.165) is 49.3 Å². The van der Waals surface area contributed by atoms with Crippen molar-refractivity contribution in [2.75, 3.05) is 14.2 Å². The Morgan fingerprint density at radius 2 is 1.95 bits per heavy atom. The molecule has 21 heavy (non-hydrogen) atoms. The number of nitrogens with two attached hydrogens (primary N) is 1. The normalized spacial score (nSPS) is 21.8. The van der Waals surface area contributed by atoms with E-state index in [4.69, 9.17) is 15.2 Å². The Bertz CT molecular complexity index is 482. The number of methoxy groups -OCH3 is 2. The van der Waals surface area contributed by atoms with Gasteiger partial charge in [-0.05, 0) is 31.7 Å². The average molecular weight is 292 g/mol. The Morgan fingerprint density at radius 1 is 1.24 bits per heavy atom. The van der Waals surface area contributed by atoms with Gasteiger partial charge in [0.1, 0.15) is 0 Å². The molecule has 1 aromatic carbocycles. The molecular formula is C16H24N2O3. The lowest BCUT2D eigenvalue weighted by Gasteiger charge is -2.27. The third-order valence-corrected chi connectivity index (χ3v) is 4.20. The summed E-state index contributed by atoms with van der Waals surface area (Å²) in [6.07, 6.45) is 3.73. The van der Waals surface area contributed by atoms with Crippen LogP contribution in [0.3, 0.4) is 0 Å². The first kappa shape index (κ1) is 15.6. The van der Waals surface area contributed by atoms with E-state index in [1.807, 2.05) is 18.2 Å². The number of benzene rings is 1. The number of hydrogen-bond acceptors (Lipinski definition) is 4. The zero-order chi connectivity index (χ0) is 15.2. The summed E-state index contributed by atoms with van der Waals surface area (Å²) >= 11 is 0. The molecule has 1 saturated carbocycles. The van der Waals surface area contributed by atoms with Crippen molar-refractivity contribution in [2.24, 2.45) is 11.7 Å². The fourth-order valence-electron chi connectivity index (χ4n) is 2.93. The van der Waals surface area contributed by atoms with E-state index in [1.165, 1.54) is 0 Å². The van der Waals surface area contributed by atoms with Crippen molar-refractivity contribution in [1.29, 1.82) is 0 Å². The molecule has 5 nitrogen and oxygen atoms in total. The third kappa shape index (κ3) is 3.88. The van der Waals surface area contributed by atoms with E-state index < -0.39 is 0 Å². The average Bonchev–Trinajstić information content (AvgIpc) is 2.52. The predicted octanol–water partition coefficient (Wildman–Crippen LogP) is 1.84. The van der Waals surface area contributed by atoms with Gasteiger partial charge in [-0.15, -0.1) is 0 Å². The van der Waals surface area contributed by atoms with Gasteiger partial charge in [0, 0.05) is 24.1 Å². The van der Waals surface area contributed by atoms with Gasteiger partial charge in [0.2, 0.25) is 5.91 Å². The minimum absolute atomic E-state index is 0.0504. The summed E-state index contributed by atoms with van der Waals surface area (Å²) in [6, 6.07) is 6.31. The van der Waals surface area contributed by atoms with Crippen LogP contribution in [0.25, 0.3) is 0 Å². The lowest BCUT2D eigenvalue weighted by molar-refractivity contribution is -0.122. The van der Waals surface area contributed by atoms with E-state index in [2.05, 4.69) is 5.32 Å². The van der Waals surface area contributed by atoms with E-state index in [0.29, 0.717) is 6.04 Å². The molecule has 1 fully saturated rings. The molecule has 0 bridgehead atoms. The standard InChI is InChI=1S/C16H24N2O3/c1-20-14-5-3-4-12(15(14)21-2)10-18-13-8-6-11(7-9-13)16(17)19/h3-5,11,13,18H,6-10H2,1-2H3,(H2,17,19). The molecule has 3 N–H and O–H groups in total. The van der Waals surface area contributed by atoms with Crippen molar-refractivity contribution < 1.29 is 14.3 Å². The topological polar surface area (TPSA) is 73.6 Å². The van der Waals surface area contributed by atoms with Crippen molar-refractivity contribution >= 4 is 5.91 Å². The summed E-state index contributed by atoms with van der Waals surface area (Å²) in [5.74, 6) is 1.41. The Kier molecular flexibility index (Phi) is 5.44. The van der Waals surface area contributed by atoms with Crippen LogP contribution in [0.2, 0.25) is 0 Å². The van der Waals surface area contributed by atoms with Gasteiger partial charge >= 0.3 is 0 Å². The maximum absolute atomic E-state index is 11.2. The maximum Gasteiger partial charge on any atom is 0.220 e. The lowest BCUT2D eigenvalue weighted by Crippen LogP contribution is -2.36. The van der Waals surface area contributed by atoms with Crippen molar-refractivity contribution in [1.82, 2.24) is 5.32 Å². The van der Waals surface area contributed by atoms with E-state index in [-0.39, 0.29) is 11.8 Å². The number of ether oxygens (including phenoxy) is 2. The molecule has 0 aromatic heterocycles. The molecule has 1 aliphatic rings. The Balaban J connectivity index is 1.91. The summed E-state index contributed by atoms with van der Waals surface area (Å²) in [5.41, 5.74) is 6.44. The Hall–Kier alpha value is -1.75. The molecular weight excluding hydrogens is 268 g/mol. The first-order valence-corrected chi connectivity index (χ1v) is 7.38. The molecule has 1 amide bonds. The summed E-state index contributed by atoms with van der Waals surface area (Å²) in [4.78, 5) is 11.2. The molecule has 0 unspecified atom stereocenters. The van der Waals surface area contributed by atoms with Crippen molar-refractivity contribution in [3.05, 3.63) is 23.8 Å². The van der Waals surface area contributed by atoms with Crippen LogP contribution in [0.1, 0.15) is 31.2 Å².